The predicted octanol–water partition coefficient (Wildman–Crippen LogP) is 2.59. The van der Waals surface area contributed by atoms with Gasteiger partial charge in [0, 0.05) is 17.3 Å². The van der Waals surface area contributed by atoms with Crippen molar-refractivity contribution in [1.82, 2.24) is 14.6 Å². The number of hydrogen-bond donors (Lipinski definition) is 5. The molecule has 0 fully saturated rings. The molecule has 4 aromatic rings. The summed E-state index contributed by atoms with van der Waals surface area (Å²) < 4.78 is 4.63. The second-order valence-electron chi connectivity index (χ2n) is 8.11. The smallest absolute Gasteiger partial charge is 0.266 e. The van der Waals surface area contributed by atoms with Crippen molar-refractivity contribution in [2.45, 2.75) is 17.5 Å². The van der Waals surface area contributed by atoms with Crippen LogP contribution in [-0.4, -0.2) is 50.9 Å². The molecule has 0 spiro atoms. The number of amides is 1. The Morgan fingerprint density at radius 3 is 2.67 bits per heavy atom. The van der Waals surface area contributed by atoms with Crippen LogP contribution in [0.2, 0.25) is 0 Å². The fourth-order valence-electron chi connectivity index (χ4n) is 3.90. The number of hydrogen-bond acceptors (Lipinski definition) is 9. The van der Waals surface area contributed by atoms with Crippen molar-refractivity contribution in [3.8, 4) is 5.75 Å². The molecule has 0 aliphatic carbocycles. The van der Waals surface area contributed by atoms with Gasteiger partial charge < -0.3 is 29.9 Å². The van der Waals surface area contributed by atoms with Crippen LogP contribution in [0.3, 0.4) is 0 Å². The number of aromatic nitrogens is 1. The minimum Gasteiger partial charge on any atom is -0.506 e. The van der Waals surface area contributed by atoms with E-state index < -0.39 is 24.2 Å². The normalized spacial score (nSPS) is 13.6. The van der Waals surface area contributed by atoms with Crippen LogP contribution in [0.4, 0.5) is 5.00 Å². The Morgan fingerprint density at radius 2 is 1.89 bits per heavy atom. The topological polar surface area (TPSA) is 136 Å². The number of nitrogens with zero attached hydrogens (tertiary/aromatic N) is 2. The lowest BCUT2D eigenvalue weighted by molar-refractivity contribution is 0.0800. The van der Waals surface area contributed by atoms with Crippen LogP contribution in [0, 0.1) is 0 Å². The zero-order chi connectivity index (χ0) is 25.2. The number of rotatable bonds is 7. The Morgan fingerprint density at radius 1 is 1.14 bits per heavy atom. The Hall–Kier alpha value is -3.64. The van der Waals surface area contributed by atoms with E-state index in [1.165, 1.54) is 11.3 Å². The number of aliphatic imine (C=N–C) groups is 1. The zero-order valence-electron chi connectivity index (χ0n) is 18.8. The van der Waals surface area contributed by atoms with E-state index in [-0.39, 0.29) is 23.7 Å². The lowest BCUT2D eigenvalue weighted by Crippen LogP contribution is -2.34. The van der Waals surface area contributed by atoms with Crippen molar-refractivity contribution in [2.24, 2.45) is 4.99 Å². The van der Waals surface area contributed by atoms with Gasteiger partial charge in [-0.1, -0.05) is 42.5 Å². The molecular formula is C25H22N4O5S2. The number of para-hydroxylation sites is 1. The molecule has 0 unspecified atom stereocenters. The number of amidine groups is 1. The van der Waals surface area contributed by atoms with Gasteiger partial charge in [-0.3, -0.25) is 9.59 Å². The number of thiophene rings is 1. The average Bonchev–Trinajstić information content (AvgIpc) is 3.33. The molecule has 184 valence electrons. The second kappa shape index (κ2) is 10.2. The Balaban J connectivity index is 1.56. The number of aromatic hydroxyl groups is 1. The van der Waals surface area contributed by atoms with Crippen LogP contribution in [0.5, 0.6) is 5.75 Å². The first-order valence-electron chi connectivity index (χ1n) is 11.1. The first-order chi connectivity index (χ1) is 17.5. The number of aliphatic hydroxyl groups excluding tert-OH is 2. The van der Waals surface area contributed by atoms with Crippen molar-refractivity contribution in [1.29, 1.82) is 0 Å². The summed E-state index contributed by atoms with van der Waals surface area (Å²) in [4.78, 5) is 31.4. The molecule has 36 heavy (non-hydrogen) atoms. The minimum absolute atomic E-state index is 0.0493. The molecule has 1 atom stereocenters. The number of carbonyl (C=O) groups excluding carboxylic acids is 1. The standard InChI is InChI=1S/C25H22N4O5S2/c30-12-15(31)10-26-23(33)17-13-35-24-21(17)36-28-22(27-24)19-20(32)16-8-4-5-9-18(16)29(25(19)34)11-14-6-2-1-3-7-14/h1-9,13,15,30-32H,10-12H2,(H,26,33)(H,27,28)/t15-/m0/s1. The van der Waals surface area contributed by atoms with Crippen LogP contribution in [0.15, 0.2) is 74.7 Å². The summed E-state index contributed by atoms with van der Waals surface area (Å²) in [6.07, 6.45) is -1.05. The van der Waals surface area contributed by atoms with E-state index in [1.807, 2.05) is 36.4 Å². The van der Waals surface area contributed by atoms with Crippen LogP contribution < -0.4 is 15.6 Å². The van der Waals surface area contributed by atoms with Crippen molar-refractivity contribution in [3.05, 3.63) is 87.0 Å². The molecule has 11 heteroatoms. The maximum Gasteiger partial charge on any atom is 0.266 e. The van der Waals surface area contributed by atoms with E-state index in [2.05, 4.69) is 15.0 Å². The zero-order valence-corrected chi connectivity index (χ0v) is 20.5. The highest BCUT2D eigenvalue weighted by atomic mass is 32.2. The third kappa shape index (κ3) is 4.49. The predicted molar refractivity (Wildman–Crippen MR) is 140 cm³/mol. The monoisotopic (exact) mass is 522 g/mol. The molecule has 5 rings (SSSR count). The van der Waals surface area contributed by atoms with Crippen LogP contribution in [0.1, 0.15) is 21.5 Å². The fourth-order valence-corrected chi connectivity index (χ4v) is 5.80. The lowest BCUT2D eigenvalue weighted by Gasteiger charge is -2.19. The Kier molecular flexibility index (Phi) is 6.79. The van der Waals surface area contributed by atoms with Gasteiger partial charge >= 0.3 is 0 Å². The highest BCUT2D eigenvalue weighted by molar-refractivity contribution is 7.98. The van der Waals surface area contributed by atoms with E-state index >= 15 is 0 Å². The second-order valence-corrected chi connectivity index (χ2v) is 9.79. The number of benzene rings is 2. The third-order valence-electron chi connectivity index (χ3n) is 5.71. The Bertz CT molecular complexity index is 1530. The number of carbonyl (C=O) groups is 1. The average molecular weight is 523 g/mol. The van der Waals surface area contributed by atoms with Gasteiger partial charge in [0.2, 0.25) is 0 Å². The molecule has 1 amide bonds. The summed E-state index contributed by atoms with van der Waals surface area (Å²) in [7, 11) is 0. The molecule has 5 N–H and O–H groups in total. The van der Waals surface area contributed by atoms with E-state index in [0.29, 0.717) is 32.9 Å². The highest BCUT2D eigenvalue weighted by Crippen LogP contribution is 2.41. The van der Waals surface area contributed by atoms with Gasteiger partial charge in [0.05, 0.1) is 35.2 Å². The minimum atomic E-state index is -1.05. The molecule has 3 heterocycles. The molecule has 9 nitrogen and oxygen atoms in total. The number of aliphatic hydroxyl groups is 2. The molecule has 0 bridgehead atoms. The Labute approximate surface area is 213 Å². The molecule has 1 aliphatic heterocycles. The highest BCUT2D eigenvalue weighted by Gasteiger charge is 2.27. The number of pyridine rings is 1. The van der Waals surface area contributed by atoms with Gasteiger partial charge in [-0.2, -0.15) is 0 Å². The maximum atomic E-state index is 13.7. The van der Waals surface area contributed by atoms with Crippen LogP contribution >= 0.6 is 23.3 Å². The van der Waals surface area contributed by atoms with Crippen molar-refractivity contribution >= 4 is 50.9 Å². The summed E-state index contributed by atoms with van der Waals surface area (Å²) >= 11 is 2.35. The summed E-state index contributed by atoms with van der Waals surface area (Å²) in [5, 5.41) is 34.8. The molecule has 2 aromatic heterocycles. The fraction of sp³-hybridized carbons (Fsp3) is 0.160. The molecule has 0 radical (unpaired) electrons. The summed E-state index contributed by atoms with van der Waals surface area (Å²) in [5.41, 5.74) is 1.57. The van der Waals surface area contributed by atoms with Crippen LogP contribution in [0.25, 0.3) is 10.9 Å². The maximum absolute atomic E-state index is 13.7. The summed E-state index contributed by atoms with van der Waals surface area (Å²) in [6.45, 7) is -0.219. The van der Waals surface area contributed by atoms with Gasteiger partial charge in [0.25, 0.3) is 11.5 Å². The SMILES string of the molecule is O=C(NC[C@H](O)CO)c1csc2c1SNC(c1c(O)c3ccccc3n(Cc3ccccc3)c1=O)=N2. The molecule has 0 saturated heterocycles. The van der Waals surface area contributed by atoms with E-state index in [4.69, 9.17) is 5.11 Å². The lowest BCUT2D eigenvalue weighted by atomic mass is 10.1. The van der Waals surface area contributed by atoms with Gasteiger partial charge in [0.15, 0.2) is 5.84 Å². The van der Waals surface area contributed by atoms with Crippen molar-refractivity contribution in [2.75, 3.05) is 13.2 Å². The van der Waals surface area contributed by atoms with E-state index in [0.717, 1.165) is 17.5 Å². The van der Waals surface area contributed by atoms with Gasteiger partial charge in [-0.25, -0.2) is 4.99 Å². The van der Waals surface area contributed by atoms with Crippen LogP contribution in [-0.2, 0) is 6.54 Å². The molecule has 2 aromatic carbocycles. The molecule has 0 saturated carbocycles. The third-order valence-corrected chi connectivity index (χ3v) is 7.62. The van der Waals surface area contributed by atoms with Crippen molar-refractivity contribution in [3.63, 3.8) is 0 Å². The van der Waals surface area contributed by atoms with E-state index in [1.54, 1.807) is 28.1 Å². The summed E-state index contributed by atoms with van der Waals surface area (Å²) in [5.74, 6) is -0.374. The number of nitrogens with one attached hydrogen (secondary N) is 2. The molecular weight excluding hydrogens is 500 g/mol. The summed E-state index contributed by atoms with van der Waals surface area (Å²) in [6, 6.07) is 16.8. The molecule has 1 aliphatic rings. The van der Waals surface area contributed by atoms with Gasteiger partial charge in [0.1, 0.15) is 16.3 Å². The quantitative estimate of drug-likeness (QED) is 0.235. The largest absolute Gasteiger partial charge is 0.506 e. The first kappa shape index (κ1) is 24.1. The van der Waals surface area contributed by atoms with Crippen molar-refractivity contribution < 1.29 is 20.1 Å². The van der Waals surface area contributed by atoms with Gasteiger partial charge in [-0.05, 0) is 29.6 Å². The first-order valence-corrected chi connectivity index (χ1v) is 12.8. The van der Waals surface area contributed by atoms with E-state index in [9.17, 15) is 19.8 Å². The van der Waals surface area contributed by atoms with Gasteiger partial charge in [-0.15, -0.1) is 11.3 Å². The number of fused-ring (bicyclic) bond motifs is 2.